The molecule has 3 rings (SSSR count). The SMILES string of the molecule is Cc1ccc(NC(=O)CCC2CCCCC2)cc1NC(=O)c1cccc(O)c1. The smallest absolute Gasteiger partial charge is 0.255 e. The van der Waals surface area contributed by atoms with Crippen molar-refractivity contribution in [2.24, 2.45) is 5.92 Å². The molecule has 0 bridgehead atoms. The largest absolute Gasteiger partial charge is 0.508 e. The lowest BCUT2D eigenvalue weighted by atomic mass is 9.86. The molecule has 1 aliphatic carbocycles. The number of amides is 2. The van der Waals surface area contributed by atoms with Crippen LogP contribution in [-0.4, -0.2) is 16.9 Å². The van der Waals surface area contributed by atoms with E-state index >= 15 is 0 Å². The summed E-state index contributed by atoms with van der Waals surface area (Å²) >= 11 is 0. The van der Waals surface area contributed by atoms with Gasteiger partial charge in [-0.1, -0.05) is 44.2 Å². The van der Waals surface area contributed by atoms with Crippen LogP contribution in [0.15, 0.2) is 42.5 Å². The van der Waals surface area contributed by atoms with Crippen LogP contribution in [0.25, 0.3) is 0 Å². The van der Waals surface area contributed by atoms with Gasteiger partial charge in [0.25, 0.3) is 5.91 Å². The van der Waals surface area contributed by atoms with Crippen molar-refractivity contribution in [3.05, 3.63) is 53.6 Å². The molecule has 0 heterocycles. The van der Waals surface area contributed by atoms with Gasteiger partial charge in [0.15, 0.2) is 0 Å². The molecule has 0 unspecified atom stereocenters. The zero-order valence-corrected chi connectivity index (χ0v) is 16.3. The van der Waals surface area contributed by atoms with E-state index in [1.807, 2.05) is 19.1 Å². The molecule has 0 aliphatic heterocycles. The number of phenols is 1. The molecule has 1 saturated carbocycles. The van der Waals surface area contributed by atoms with Crippen molar-refractivity contribution < 1.29 is 14.7 Å². The summed E-state index contributed by atoms with van der Waals surface area (Å²) in [6.07, 6.45) is 7.84. The fourth-order valence-corrected chi connectivity index (χ4v) is 3.71. The molecule has 0 aromatic heterocycles. The van der Waals surface area contributed by atoms with Crippen molar-refractivity contribution in [1.29, 1.82) is 0 Å². The second-order valence-electron chi connectivity index (χ2n) is 7.63. The highest BCUT2D eigenvalue weighted by molar-refractivity contribution is 6.05. The molecule has 0 spiro atoms. The van der Waals surface area contributed by atoms with Crippen molar-refractivity contribution in [2.45, 2.75) is 51.9 Å². The molecule has 2 amide bonds. The molecule has 1 fully saturated rings. The topological polar surface area (TPSA) is 78.4 Å². The number of phenolic OH excluding ortho intramolecular Hbond substituents is 1. The van der Waals surface area contributed by atoms with Crippen LogP contribution in [0.4, 0.5) is 11.4 Å². The molecule has 148 valence electrons. The summed E-state index contributed by atoms with van der Waals surface area (Å²) in [5.41, 5.74) is 2.58. The molecule has 3 N–H and O–H groups in total. The van der Waals surface area contributed by atoms with Crippen molar-refractivity contribution >= 4 is 23.2 Å². The third kappa shape index (κ3) is 5.59. The Morgan fingerprint density at radius 3 is 2.57 bits per heavy atom. The van der Waals surface area contributed by atoms with Crippen molar-refractivity contribution in [3.63, 3.8) is 0 Å². The van der Waals surface area contributed by atoms with E-state index in [-0.39, 0.29) is 17.6 Å². The lowest BCUT2D eigenvalue weighted by molar-refractivity contribution is -0.116. The second-order valence-corrected chi connectivity index (χ2v) is 7.63. The van der Waals surface area contributed by atoms with Gasteiger partial charge in [-0.05, 0) is 55.2 Å². The van der Waals surface area contributed by atoms with E-state index < -0.39 is 0 Å². The summed E-state index contributed by atoms with van der Waals surface area (Å²) in [6.45, 7) is 1.90. The van der Waals surface area contributed by atoms with Gasteiger partial charge in [0.2, 0.25) is 5.91 Å². The Bertz CT molecular complexity index is 841. The number of anilines is 2. The van der Waals surface area contributed by atoms with Gasteiger partial charge in [0, 0.05) is 23.4 Å². The third-order valence-electron chi connectivity index (χ3n) is 5.38. The van der Waals surface area contributed by atoms with Crippen LogP contribution in [-0.2, 0) is 4.79 Å². The first-order valence-electron chi connectivity index (χ1n) is 10.0. The van der Waals surface area contributed by atoms with Crippen LogP contribution in [0.3, 0.4) is 0 Å². The number of nitrogens with one attached hydrogen (secondary N) is 2. The Morgan fingerprint density at radius 2 is 1.82 bits per heavy atom. The first-order valence-corrected chi connectivity index (χ1v) is 10.0. The molecule has 2 aromatic rings. The highest BCUT2D eigenvalue weighted by atomic mass is 16.3. The average molecular weight is 380 g/mol. The van der Waals surface area contributed by atoms with Crippen LogP contribution >= 0.6 is 0 Å². The zero-order chi connectivity index (χ0) is 19.9. The summed E-state index contributed by atoms with van der Waals surface area (Å²) in [5, 5.41) is 15.3. The number of rotatable bonds is 6. The summed E-state index contributed by atoms with van der Waals surface area (Å²) in [5.74, 6) is 0.428. The van der Waals surface area contributed by atoms with Gasteiger partial charge < -0.3 is 15.7 Å². The zero-order valence-electron chi connectivity index (χ0n) is 16.3. The number of aryl methyl sites for hydroxylation is 1. The van der Waals surface area contributed by atoms with Gasteiger partial charge in [-0.3, -0.25) is 9.59 Å². The van der Waals surface area contributed by atoms with Crippen LogP contribution in [0, 0.1) is 12.8 Å². The fourth-order valence-electron chi connectivity index (χ4n) is 3.71. The van der Waals surface area contributed by atoms with Gasteiger partial charge in [0.05, 0.1) is 0 Å². The third-order valence-corrected chi connectivity index (χ3v) is 5.38. The van der Waals surface area contributed by atoms with Gasteiger partial charge in [0.1, 0.15) is 5.75 Å². The van der Waals surface area contributed by atoms with E-state index in [0.717, 1.165) is 12.0 Å². The Kier molecular flexibility index (Phi) is 6.69. The van der Waals surface area contributed by atoms with E-state index in [0.29, 0.717) is 29.3 Å². The second kappa shape index (κ2) is 9.40. The predicted molar refractivity (Wildman–Crippen MR) is 112 cm³/mol. The van der Waals surface area contributed by atoms with E-state index in [9.17, 15) is 14.7 Å². The Morgan fingerprint density at radius 1 is 1.04 bits per heavy atom. The molecule has 5 nitrogen and oxygen atoms in total. The highest BCUT2D eigenvalue weighted by Crippen LogP contribution is 2.28. The minimum absolute atomic E-state index is 0.0136. The summed E-state index contributed by atoms with van der Waals surface area (Å²) < 4.78 is 0. The van der Waals surface area contributed by atoms with Crippen LogP contribution in [0.5, 0.6) is 5.75 Å². The lowest BCUT2D eigenvalue weighted by Crippen LogP contribution is -2.16. The predicted octanol–water partition coefficient (Wildman–Crippen LogP) is 5.25. The maximum atomic E-state index is 12.4. The van der Waals surface area contributed by atoms with E-state index in [1.54, 1.807) is 18.2 Å². The van der Waals surface area contributed by atoms with Crippen molar-refractivity contribution in [3.8, 4) is 5.75 Å². The summed E-state index contributed by atoms with van der Waals surface area (Å²) in [7, 11) is 0. The highest BCUT2D eigenvalue weighted by Gasteiger charge is 2.15. The monoisotopic (exact) mass is 380 g/mol. The Balaban J connectivity index is 1.59. The number of benzene rings is 2. The van der Waals surface area contributed by atoms with Gasteiger partial charge >= 0.3 is 0 Å². The van der Waals surface area contributed by atoms with Gasteiger partial charge in [-0.15, -0.1) is 0 Å². The molecule has 0 radical (unpaired) electrons. The average Bonchev–Trinajstić information content (AvgIpc) is 2.70. The molecular weight excluding hydrogens is 352 g/mol. The molecular formula is C23H28N2O3. The number of hydrogen-bond donors (Lipinski definition) is 3. The van der Waals surface area contributed by atoms with Gasteiger partial charge in [-0.2, -0.15) is 0 Å². The van der Waals surface area contributed by atoms with E-state index in [1.165, 1.54) is 44.2 Å². The lowest BCUT2D eigenvalue weighted by Gasteiger charge is -2.21. The molecule has 0 atom stereocenters. The van der Waals surface area contributed by atoms with Crippen LogP contribution in [0.1, 0.15) is 60.9 Å². The maximum Gasteiger partial charge on any atom is 0.255 e. The van der Waals surface area contributed by atoms with Crippen molar-refractivity contribution in [1.82, 2.24) is 0 Å². The van der Waals surface area contributed by atoms with Crippen LogP contribution in [0.2, 0.25) is 0 Å². The number of carbonyl (C=O) groups is 2. The number of carbonyl (C=O) groups excluding carboxylic acids is 2. The maximum absolute atomic E-state index is 12.4. The van der Waals surface area contributed by atoms with Gasteiger partial charge in [-0.25, -0.2) is 0 Å². The quantitative estimate of drug-likeness (QED) is 0.640. The normalized spacial score (nSPS) is 14.5. The minimum atomic E-state index is -0.306. The fraction of sp³-hybridized carbons (Fsp3) is 0.391. The van der Waals surface area contributed by atoms with E-state index in [2.05, 4.69) is 10.6 Å². The van der Waals surface area contributed by atoms with E-state index in [4.69, 9.17) is 0 Å². The minimum Gasteiger partial charge on any atom is -0.508 e. The molecule has 2 aromatic carbocycles. The summed E-state index contributed by atoms with van der Waals surface area (Å²) in [6, 6.07) is 11.7. The molecule has 5 heteroatoms. The molecule has 0 saturated heterocycles. The Labute approximate surface area is 166 Å². The first-order chi connectivity index (χ1) is 13.5. The standard InChI is InChI=1S/C23H28N2O3/c1-16-10-12-19(24-22(27)13-11-17-6-3-2-4-7-17)15-21(16)25-23(28)18-8-5-9-20(26)14-18/h5,8-10,12,14-15,17,26H,2-4,6-7,11,13H2,1H3,(H,24,27)(H,25,28). The van der Waals surface area contributed by atoms with Crippen LogP contribution < -0.4 is 10.6 Å². The van der Waals surface area contributed by atoms with Crippen molar-refractivity contribution in [2.75, 3.05) is 10.6 Å². The number of hydrogen-bond acceptors (Lipinski definition) is 3. The summed E-state index contributed by atoms with van der Waals surface area (Å²) in [4.78, 5) is 24.7. The molecule has 1 aliphatic rings. The number of aromatic hydroxyl groups is 1. The first kappa shape index (κ1) is 19.9. The Hall–Kier alpha value is -2.82. The molecule has 28 heavy (non-hydrogen) atoms.